The fourth-order valence-electron chi connectivity index (χ4n) is 10.8. The van der Waals surface area contributed by atoms with Gasteiger partial charge in [0.15, 0.2) is 0 Å². The van der Waals surface area contributed by atoms with Crippen LogP contribution in [0.2, 0.25) is 0 Å². The lowest BCUT2D eigenvalue weighted by Crippen LogP contribution is -2.28. The van der Waals surface area contributed by atoms with Crippen molar-refractivity contribution in [2.45, 2.75) is 25.2 Å². The average molecular weight is 820 g/mol. The zero-order valence-electron chi connectivity index (χ0n) is 35.9. The van der Waals surface area contributed by atoms with E-state index in [9.17, 15) is 0 Å². The first-order valence-electron chi connectivity index (χ1n) is 22.4. The molecule has 1 aliphatic carbocycles. The molecule has 1 aliphatic rings. The largest absolute Gasteiger partial charge is 0.456 e. The fourth-order valence-corrected chi connectivity index (χ4v) is 10.8. The van der Waals surface area contributed by atoms with Crippen LogP contribution >= 0.6 is 0 Å². The van der Waals surface area contributed by atoms with Crippen molar-refractivity contribution in [3.05, 3.63) is 258 Å². The number of hydrogen-bond acceptors (Lipinski definition) is 2. The minimum Gasteiger partial charge on any atom is -0.456 e. The van der Waals surface area contributed by atoms with Crippen LogP contribution < -0.4 is 4.90 Å². The average Bonchev–Trinajstić information content (AvgIpc) is 3.89. The molecule has 2 heteroatoms. The molecule has 12 rings (SSSR count). The van der Waals surface area contributed by atoms with E-state index in [2.05, 4.69) is 243 Å². The third-order valence-corrected chi connectivity index (χ3v) is 13.5. The number of hydrogen-bond donors (Lipinski definition) is 0. The molecule has 11 aromatic rings. The van der Waals surface area contributed by atoms with Gasteiger partial charge in [0.05, 0.1) is 16.5 Å². The van der Waals surface area contributed by atoms with Crippen molar-refractivity contribution in [1.82, 2.24) is 0 Å². The zero-order chi connectivity index (χ0) is 42.8. The lowest BCUT2D eigenvalue weighted by atomic mass is 9.67. The number of nitrogens with zero attached hydrogens (tertiary/aromatic N) is 1. The Bertz CT molecular complexity index is 3470. The van der Waals surface area contributed by atoms with Crippen LogP contribution in [0.5, 0.6) is 0 Å². The zero-order valence-corrected chi connectivity index (χ0v) is 35.9. The monoisotopic (exact) mass is 819 g/mol. The second-order valence-electron chi connectivity index (χ2n) is 17.3. The number of benzene rings is 10. The molecule has 10 aromatic carbocycles. The molecule has 0 atom stereocenters. The lowest BCUT2D eigenvalue weighted by molar-refractivity contribution is 0.669. The van der Waals surface area contributed by atoms with Gasteiger partial charge in [0.1, 0.15) is 11.2 Å². The first-order valence-corrected chi connectivity index (χ1v) is 22.4. The van der Waals surface area contributed by atoms with E-state index in [1.165, 1.54) is 66.4 Å². The summed E-state index contributed by atoms with van der Waals surface area (Å²) in [7, 11) is 0. The van der Waals surface area contributed by atoms with E-state index in [1.807, 2.05) is 6.07 Å². The number of fused-ring (bicyclic) bond motifs is 7. The summed E-state index contributed by atoms with van der Waals surface area (Å²) in [6, 6.07) is 84.5. The lowest BCUT2D eigenvalue weighted by Gasteiger charge is -2.35. The molecular weight excluding hydrogens is 775 g/mol. The molecule has 0 amide bonds. The van der Waals surface area contributed by atoms with Gasteiger partial charge in [-0.3, -0.25) is 0 Å². The minimum absolute atomic E-state index is 0.344. The Labute approximate surface area is 374 Å². The summed E-state index contributed by atoms with van der Waals surface area (Å²) >= 11 is 0. The molecule has 0 aliphatic heterocycles. The van der Waals surface area contributed by atoms with Gasteiger partial charge in [-0.15, -0.1) is 0 Å². The van der Waals surface area contributed by atoms with Crippen LogP contribution in [0.25, 0.3) is 66.1 Å². The SMILES string of the molecule is CC(C)c1cccc2c1-c1ccc(N(c3ccc(-c4ccc5ccccc5c4-c4ccccc4)cc3)c3cccc4oc5ccccc5c34)cc1C2(c1ccccc1)c1ccccc1. The molecule has 64 heavy (non-hydrogen) atoms. The second kappa shape index (κ2) is 15.1. The summed E-state index contributed by atoms with van der Waals surface area (Å²) < 4.78 is 6.56. The van der Waals surface area contributed by atoms with Crippen LogP contribution in [-0.2, 0) is 5.41 Å². The van der Waals surface area contributed by atoms with E-state index >= 15 is 0 Å². The predicted molar refractivity (Wildman–Crippen MR) is 268 cm³/mol. The van der Waals surface area contributed by atoms with E-state index < -0.39 is 5.41 Å². The van der Waals surface area contributed by atoms with Crippen LogP contribution in [0, 0.1) is 0 Å². The van der Waals surface area contributed by atoms with Gasteiger partial charge >= 0.3 is 0 Å². The number of furan rings is 1. The Morgan fingerprint density at radius 3 is 1.77 bits per heavy atom. The minimum atomic E-state index is -0.554. The normalized spacial score (nSPS) is 12.8. The Hall–Kier alpha value is -7.94. The van der Waals surface area contributed by atoms with Crippen molar-refractivity contribution in [3.8, 4) is 33.4 Å². The van der Waals surface area contributed by atoms with Crippen molar-refractivity contribution in [2.75, 3.05) is 4.90 Å². The molecular formula is C62H45NO. The van der Waals surface area contributed by atoms with Crippen LogP contribution in [-0.4, -0.2) is 0 Å². The maximum absolute atomic E-state index is 6.56. The summed E-state index contributed by atoms with van der Waals surface area (Å²) in [6.45, 7) is 4.63. The Morgan fingerprint density at radius 2 is 1.03 bits per heavy atom. The Balaban J connectivity index is 1.12. The Kier molecular flexibility index (Phi) is 8.95. The van der Waals surface area contributed by atoms with Crippen molar-refractivity contribution >= 4 is 49.8 Å². The Morgan fingerprint density at radius 1 is 0.422 bits per heavy atom. The third kappa shape index (κ3) is 5.80. The summed E-state index contributed by atoms with van der Waals surface area (Å²) in [5, 5.41) is 4.66. The summed E-state index contributed by atoms with van der Waals surface area (Å²) in [5.41, 5.74) is 18.3. The van der Waals surface area contributed by atoms with Gasteiger partial charge < -0.3 is 9.32 Å². The van der Waals surface area contributed by atoms with Crippen molar-refractivity contribution in [1.29, 1.82) is 0 Å². The van der Waals surface area contributed by atoms with E-state index in [4.69, 9.17) is 4.42 Å². The summed E-state index contributed by atoms with van der Waals surface area (Å²) in [6.07, 6.45) is 0. The molecule has 304 valence electrons. The van der Waals surface area contributed by atoms with Gasteiger partial charge in [0.2, 0.25) is 0 Å². The van der Waals surface area contributed by atoms with E-state index in [0.29, 0.717) is 5.92 Å². The highest BCUT2D eigenvalue weighted by atomic mass is 16.3. The molecule has 2 nitrogen and oxygen atoms in total. The predicted octanol–water partition coefficient (Wildman–Crippen LogP) is 17.0. The first-order chi connectivity index (χ1) is 31.6. The number of anilines is 3. The highest BCUT2D eigenvalue weighted by molar-refractivity contribution is 6.13. The smallest absolute Gasteiger partial charge is 0.137 e. The van der Waals surface area contributed by atoms with Crippen molar-refractivity contribution < 1.29 is 4.42 Å². The highest BCUT2D eigenvalue weighted by Gasteiger charge is 2.47. The molecule has 0 fully saturated rings. The number of rotatable bonds is 8. The fraction of sp³-hybridized carbons (Fsp3) is 0.0645. The third-order valence-electron chi connectivity index (χ3n) is 13.5. The standard InChI is InChI=1S/C62H45NO/c1-41(2)49-27-16-28-54-60(49)52-39-37-48(40-55(52)62(54,45-21-8-4-9-22-45)46-23-10-5-11-24-46)63(56-29-17-31-58-61(56)53-26-14-15-30-57(53)64-58)47-35-32-43(33-36-47)51-38-34-42-18-12-13-25-50(42)59(51)44-19-6-3-7-20-44/h3-41H,1-2H3. The van der Waals surface area contributed by atoms with Gasteiger partial charge in [0.25, 0.3) is 0 Å². The molecule has 0 bridgehead atoms. The summed E-state index contributed by atoms with van der Waals surface area (Å²) in [4.78, 5) is 2.44. The summed E-state index contributed by atoms with van der Waals surface area (Å²) in [5.74, 6) is 0.344. The van der Waals surface area contributed by atoms with Crippen molar-refractivity contribution in [2.24, 2.45) is 0 Å². The second-order valence-corrected chi connectivity index (χ2v) is 17.3. The van der Waals surface area contributed by atoms with Gasteiger partial charge in [-0.25, -0.2) is 0 Å². The topological polar surface area (TPSA) is 16.4 Å². The van der Waals surface area contributed by atoms with Crippen molar-refractivity contribution in [3.63, 3.8) is 0 Å². The van der Waals surface area contributed by atoms with Crippen LogP contribution in [0.4, 0.5) is 17.1 Å². The maximum atomic E-state index is 6.56. The maximum Gasteiger partial charge on any atom is 0.137 e. The van der Waals surface area contributed by atoms with Gasteiger partial charge in [0, 0.05) is 16.8 Å². The molecule has 0 radical (unpaired) electrons. The van der Waals surface area contributed by atoms with E-state index in [1.54, 1.807) is 0 Å². The van der Waals surface area contributed by atoms with E-state index in [0.717, 1.165) is 44.6 Å². The molecule has 0 saturated carbocycles. The molecule has 0 saturated heterocycles. The van der Waals surface area contributed by atoms with E-state index in [-0.39, 0.29) is 0 Å². The van der Waals surface area contributed by atoms with Gasteiger partial charge in [-0.2, -0.15) is 0 Å². The number of para-hydroxylation sites is 1. The molecule has 1 heterocycles. The molecule has 1 aromatic heterocycles. The molecule has 0 N–H and O–H groups in total. The molecule has 0 unspecified atom stereocenters. The van der Waals surface area contributed by atoms with Crippen LogP contribution in [0.15, 0.2) is 235 Å². The quantitative estimate of drug-likeness (QED) is 0.152. The first kappa shape index (κ1) is 37.8. The van der Waals surface area contributed by atoms with Gasteiger partial charge in [-0.05, 0) is 120 Å². The highest BCUT2D eigenvalue weighted by Crippen LogP contribution is 2.59. The van der Waals surface area contributed by atoms with Crippen LogP contribution in [0.1, 0.15) is 47.6 Å². The van der Waals surface area contributed by atoms with Crippen LogP contribution in [0.3, 0.4) is 0 Å². The molecule has 0 spiro atoms. The van der Waals surface area contributed by atoms with Gasteiger partial charge in [-0.1, -0.05) is 202 Å².